The predicted octanol–water partition coefficient (Wildman–Crippen LogP) is 8.64. The molecule has 2 aromatic heterocycles. The predicted molar refractivity (Wildman–Crippen MR) is 216 cm³/mol. The van der Waals surface area contributed by atoms with Gasteiger partial charge in [-0.05, 0) is 108 Å². The van der Waals surface area contributed by atoms with Crippen molar-refractivity contribution < 1.29 is 37.8 Å². The minimum Gasteiger partial charge on any atom is -0.497 e. The molecular weight excluding hydrogens is 733 g/mol. The third-order valence-electron chi connectivity index (χ3n) is 10.6. The molecule has 4 aromatic rings. The van der Waals surface area contributed by atoms with Crippen LogP contribution in [0.1, 0.15) is 91.5 Å². The van der Waals surface area contributed by atoms with Crippen molar-refractivity contribution in [3.63, 3.8) is 0 Å². The quantitative estimate of drug-likeness (QED) is 0.161. The molecule has 1 N–H and O–H groups in total. The Kier molecular flexibility index (Phi) is 10.3. The molecule has 14 nitrogen and oxygen atoms in total. The molecule has 0 radical (unpaired) electrons. The van der Waals surface area contributed by atoms with Crippen LogP contribution in [-0.2, 0) is 30.5 Å². The Labute approximate surface area is 329 Å². The summed E-state index contributed by atoms with van der Waals surface area (Å²) < 4.78 is 30.1. The molecule has 1 aliphatic carbocycles. The Morgan fingerprint density at radius 2 is 1.59 bits per heavy atom. The summed E-state index contributed by atoms with van der Waals surface area (Å²) in [7, 11) is 1.10. The van der Waals surface area contributed by atoms with E-state index < -0.39 is 37.1 Å². The smallest absolute Gasteiger partial charge is 0.435 e. The van der Waals surface area contributed by atoms with Crippen molar-refractivity contribution in [3.8, 4) is 11.6 Å². The summed E-state index contributed by atoms with van der Waals surface area (Å²) in [6.45, 7) is 22.1. The highest BCUT2D eigenvalue weighted by Crippen LogP contribution is 2.67. The van der Waals surface area contributed by atoms with Gasteiger partial charge in [0.15, 0.2) is 20.0 Å². The van der Waals surface area contributed by atoms with Crippen LogP contribution < -0.4 is 19.7 Å². The van der Waals surface area contributed by atoms with Crippen molar-refractivity contribution in [2.45, 2.75) is 116 Å². The fraction of sp³-hybridized carbons (Fsp3) is 0.512. The molecule has 1 aliphatic heterocycles. The number of methoxy groups -OCH3 is 2. The van der Waals surface area contributed by atoms with Gasteiger partial charge in [0, 0.05) is 24.3 Å². The van der Waals surface area contributed by atoms with Gasteiger partial charge in [-0.15, -0.1) is 5.10 Å². The lowest BCUT2D eigenvalue weighted by Gasteiger charge is -2.36. The highest BCUT2D eigenvalue weighted by atomic mass is 28.4. The first kappa shape index (κ1) is 40.6. The lowest BCUT2D eigenvalue weighted by Crippen LogP contribution is -2.41. The van der Waals surface area contributed by atoms with Crippen LogP contribution in [0.15, 0.2) is 42.6 Å². The molecule has 2 atom stereocenters. The maximum Gasteiger partial charge on any atom is 0.435 e. The van der Waals surface area contributed by atoms with Crippen LogP contribution in [0.5, 0.6) is 11.6 Å². The maximum atomic E-state index is 14.4. The van der Waals surface area contributed by atoms with Gasteiger partial charge in [0.1, 0.15) is 17.0 Å². The first-order chi connectivity index (χ1) is 26.0. The van der Waals surface area contributed by atoms with E-state index in [1.807, 2.05) is 24.3 Å². The number of fused-ring (bicyclic) bond motifs is 3. The first-order valence-corrected chi connectivity index (χ1v) is 21.7. The fourth-order valence-corrected chi connectivity index (χ4v) is 7.74. The molecule has 0 unspecified atom stereocenters. The van der Waals surface area contributed by atoms with Crippen molar-refractivity contribution >= 4 is 54.6 Å². The first-order valence-electron chi connectivity index (χ1n) is 18.8. The number of benzene rings is 2. The monoisotopic (exact) mass is 786 g/mol. The topological polar surface area (TPSA) is 156 Å². The summed E-state index contributed by atoms with van der Waals surface area (Å²) in [4.78, 5) is 52.0. The minimum atomic E-state index is -1.96. The average Bonchev–Trinajstić information content (AvgIpc) is 3.67. The number of carbonyl (C=O) groups is 3. The Hall–Kier alpha value is -5.02. The molecule has 2 aromatic carbocycles. The zero-order chi connectivity index (χ0) is 41.2. The number of ether oxygens (including phenoxy) is 4. The largest absolute Gasteiger partial charge is 0.497 e. The van der Waals surface area contributed by atoms with Gasteiger partial charge in [-0.1, -0.05) is 26.8 Å². The number of nitrogens with one attached hydrogen (secondary N) is 1. The maximum absolute atomic E-state index is 14.4. The molecule has 0 bridgehead atoms. The van der Waals surface area contributed by atoms with Gasteiger partial charge < -0.3 is 28.7 Å². The van der Waals surface area contributed by atoms with Crippen LogP contribution >= 0.6 is 0 Å². The van der Waals surface area contributed by atoms with Crippen LogP contribution in [0.2, 0.25) is 18.1 Å². The molecule has 2 aliphatic rings. The summed E-state index contributed by atoms with van der Waals surface area (Å²) in [5, 5.41) is 8.62. The summed E-state index contributed by atoms with van der Waals surface area (Å²) in [5.41, 5.74) is 0.419. The van der Waals surface area contributed by atoms with E-state index in [4.69, 9.17) is 28.4 Å². The van der Waals surface area contributed by atoms with Crippen LogP contribution in [0.3, 0.4) is 0 Å². The highest BCUT2D eigenvalue weighted by Gasteiger charge is 2.68. The Morgan fingerprint density at radius 1 is 0.911 bits per heavy atom. The summed E-state index contributed by atoms with van der Waals surface area (Å²) in [5.74, 6) is 0.762. The number of amides is 2. The molecule has 1 saturated carbocycles. The van der Waals surface area contributed by atoms with Crippen molar-refractivity contribution in [1.82, 2.24) is 19.7 Å². The second kappa shape index (κ2) is 14.2. The number of hydrogen-bond donors (Lipinski definition) is 1. The zero-order valence-corrected chi connectivity index (χ0v) is 35.7. The second-order valence-corrected chi connectivity index (χ2v) is 22.8. The van der Waals surface area contributed by atoms with Gasteiger partial charge in [0.05, 0.1) is 42.7 Å². The van der Waals surface area contributed by atoms with E-state index >= 15 is 0 Å². The molecular formula is C41H54N6O8Si. The standard InChI is InChI=1S/C41H54N6O8Si/c1-38(2,3)54-36(49)46-30-17-15-26(51-10)21-28(30)41(35(46)48)22-29(41)24-14-16-27-31(20-24)47(37(50)55-39(4,5)6)45-32(27)44-33-34(52-11)42-23-25(43-33)18-19-53-56(12,13)40(7,8)9/h14-17,20-21,23,29H,18-19,22H2,1-13H3,(H,43,44,45)/t29-,41-/m0/s1. The molecule has 1 fully saturated rings. The number of nitrogens with zero attached hydrogens (tertiary/aromatic N) is 5. The number of aromatic nitrogens is 4. The highest BCUT2D eigenvalue weighted by molar-refractivity contribution is 6.74. The van der Waals surface area contributed by atoms with E-state index in [0.29, 0.717) is 64.7 Å². The lowest BCUT2D eigenvalue weighted by molar-refractivity contribution is -0.120. The van der Waals surface area contributed by atoms with Crippen LogP contribution in [0.4, 0.5) is 26.9 Å². The minimum absolute atomic E-state index is 0.0738. The van der Waals surface area contributed by atoms with Crippen molar-refractivity contribution in [1.29, 1.82) is 0 Å². The van der Waals surface area contributed by atoms with E-state index in [2.05, 4.69) is 49.3 Å². The van der Waals surface area contributed by atoms with Crippen molar-refractivity contribution in [3.05, 3.63) is 59.4 Å². The lowest BCUT2D eigenvalue weighted by atomic mass is 9.91. The van der Waals surface area contributed by atoms with E-state index in [9.17, 15) is 14.4 Å². The molecule has 15 heteroatoms. The molecule has 2 amide bonds. The summed E-state index contributed by atoms with van der Waals surface area (Å²) in [6.07, 6.45) is 1.21. The van der Waals surface area contributed by atoms with E-state index in [1.165, 1.54) is 11.8 Å². The number of carbonyl (C=O) groups excluding carboxylic acids is 3. The summed E-state index contributed by atoms with van der Waals surface area (Å²) in [6, 6.07) is 10.9. The molecule has 6 rings (SSSR count). The molecule has 56 heavy (non-hydrogen) atoms. The number of imide groups is 1. The normalized spacial score (nSPS) is 18.3. The summed E-state index contributed by atoms with van der Waals surface area (Å²) >= 11 is 0. The second-order valence-electron chi connectivity index (χ2n) is 18.0. The van der Waals surface area contributed by atoms with E-state index in [0.717, 1.165) is 10.5 Å². The van der Waals surface area contributed by atoms with Crippen LogP contribution in [-0.4, -0.2) is 78.2 Å². The van der Waals surface area contributed by atoms with Crippen LogP contribution in [0.25, 0.3) is 10.9 Å². The molecule has 300 valence electrons. The SMILES string of the molecule is COc1ccc2c(c1)[C@]1(C[C@H]1c1ccc3c(Nc4nc(CCO[Si](C)(C)C(C)(C)C)cnc4OC)nn(C(=O)OC(C)(C)C)c3c1)C(=O)N2C(=O)OC(C)(C)C. The Bertz CT molecular complexity index is 2200. The van der Waals surface area contributed by atoms with Gasteiger partial charge in [-0.3, -0.25) is 4.79 Å². The number of hydrogen-bond acceptors (Lipinski definition) is 12. The van der Waals surface area contributed by atoms with Gasteiger partial charge in [0.2, 0.25) is 5.91 Å². The van der Waals surface area contributed by atoms with Gasteiger partial charge in [0.25, 0.3) is 5.88 Å². The van der Waals surface area contributed by atoms with E-state index in [1.54, 1.807) is 67.0 Å². The third kappa shape index (κ3) is 7.70. The van der Waals surface area contributed by atoms with Crippen molar-refractivity contribution in [2.75, 3.05) is 31.0 Å². The number of rotatable bonds is 9. The molecule has 0 saturated heterocycles. The average molecular weight is 787 g/mol. The Morgan fingerprint density at radius 3 is 2.21 bits per heavy atom. The Balaban J connectivity index is 1.37. The third-order valence-corrected chi connectivity index (χ3v) is 15.1. The van der Waals surface area contributed by atoms with Crippen molar-refractivity contribution in [2.24, 2.45) is 0 Å². The van der Waals surface area contributed by atoms with Gasteiger partial charge in [-0.2, -0.15) is 4.68 Å². The van der Waals surface area contributed by atoms with Crippen LogP contribution in [0, 0.1) is 0 Å². The number of anilines is 3. The zero-order valence-electron chi connectivity index (χ0n) is 34.7. The van der Waals surface area contributed by atoms with Gasteiger partial charge in [-0.25, -0.2) is 24.5 Å². The fourth-order valence-electron chi connectivity index (χ4n) is 6.70. The molecule has 1 spiro atoms. The van der Waals surface area contributed by atoms with E-state index in [-0.39, 0.29) is 22.7 Å². The van der Waals surface area contributed by atoms with Gasteiger partial charge >= 0.3 is 12.2 Å². The molecule has 3 heterocycles.